The number of aromatic nitrogens is 3. The van der Waals surface area contributed by atoms with E-state index in [0.29, 0.717) is 28.2 Å². The van der Waals surface area contributed by atoms with Crippen molar-refractivity contribution in [2.45, 2.75) is 19.2 Å². The third-order valence-corrected chi connectivity index (χ3v) is 3.89. The SMILES string of the molecule is Cc1ccc(-n2c(C(C)Cl)nc3cc(Br)cnc32)cc1F. The maximum Gasteiger partial charge on any atom is 0.164 e. The number of fused-ring (bicyclic) bond motifs is 1. The number of imidazole rings is 1. The summed E-state index contributed by atoms with van der Waals surface area (Å²) in [6.07, 6.45) is 1.69. The molecule has 0 saturated carbocycles. The number of pyridine rings is 1. The van der Waals surface area contributed by atoms with Gasteiger partial charge in [-0.2, -0.15) is 0 Å². The molecule has 0 amide bonds. The molecule has 1 atom stereocenters. The first-order valence-electron chi connectivity index (χ1n) is 6.42. The molecule has 1 unspecified atom stereocenters. The monoisotopic (exact) mass is 367 g/mol. The molecule has 0 aliphatic carbocycles. The maximum atomic E-state index is 13.9. The summed E-state index contributed by atoms with van der Waals surface area (Å²) in [5, 5.41) is -0.317. The van der Waals surface area contributed by atoms with Crippen LogP contribution in [0.5, 0.6) is 0 Å². The smallest absolute Gasteiger partial charge is 0.164 e. The van der Waals surface area contributed by atoms with Gasteiger partial charge in [-0.3, -0.25) is 4.57 Å². The molecule has 3 nitrogen and oxygen atoms in total. The van der Waals surface area contributed by atoms with Gasteiger partial charge in [0, 0.05) is 10.7 Å². The number of hydrogen-bond acceptors (Lipinski definition) is 2. The van der Waals surface area contributed by atoms with E-state index in [2.05, 4.69) is 25.9 Å². The van der Waals surface area contributed by atoms with Crippen LogP contribution in [0.25, 0.3) is 16.9 Å². The number of hydrogen-bond donors (Lipinski definition) is 0. The quantitative estimate of drug-likeness (QED) is 0.600. The number of rotatable bonds is 2. The Morgan fingerprint density at radius 1 is 1.33 bits per heavy atom. The van der Waals surface area contributed by atoms with Gasteiger partial charge in [0.1, 0.15) is 17.2 Å². The Hall–Kier alpha value is -1.46. The van der Waals surface area contributed by atoms with E-state index in [4.69, 9.17) is 11.6 Å². The second kappa shape index (κ2) is 5.39. The summed E-state index contributed by atoms with van der Waals surface area (Å²) in [4.78, 5) is 8.90. The van der Waals surface area contributed by atoms with Crippen LogP contribution in [0.3, 0.4) is 0 Å². The second-order valence-corrected chi connectivity index (χ2v) is 6.42. The van der Waals surface area contributed by atoms with Crippen molar-refractivity contribution in [2.75, 3.05) is 0 Å². The van der Waals surface area contributed by atoms with E-state index < -0.39 is 0 Å². The third-order valence-electron chi connectivity index (χ3n) is 3.26. The molecule has 0 bridgehead atoms. The van der Waals surface area contributed by atoms with Gasteiger partial charge in [-0.15, -0.1) is 11.6 Å². The van der Waals surface area contributed by atoms with E-state index in [1.165, 1.54) is 6.07 Å². The van der Waals surface area contributed by atoms with Crippen LogP contribution in [0, 0.1) is 12.7 Å². The van der Waals surface area contributed by atoms with Crippen LogP contribution in [0.2, 0.25) is 0 Å². The van der Waals surface area contributed by atoms with Crippen LogP contribution >= 0.6 is 27.5 Å². The molecular formula is C15H12BrClFN3. The largest absolute Gasteiger partial charge is 0.279 e. The first-order valence-corrected chi connectivity index (χ1v) is 7.65. The Balaban J connectivity index is 2.33. The fraction of sp³-hybridized carbons (Fsp3) is 0.200. The average molecular weight is 369 g/mol. The molecule has 0 aliphatic rings. The van der Waals surface area contributed by atoms with Gasteiger partial charge in [0.05, 0.1) is 11.1 Å². The van der Waals surface area contributed by atoms with Gasteiger partial charge in [-0.05, 0) is 53.5 Å². The van der Waals surface area contributed by atoms with Crippen molar-refractivity contribution >= 4 is 38.7 Å². The standard InChI is InChI=1S/C15H12BrClFN3/c1-8-3-4-11(6-12(8)18)21-14(9(2)17)20-13-5-10(16)7-19-15(13)21/h3-7,9H,1-2H3. The van der Waals surface area contributed by atoms with Crippen molar-refractivity contribution in [1.29, 1.82) is 0 Å². The minimum atomic E-state index is -0.317. The predicted molar refractivity (Wildman–Crippen MR) is 85.5 cm³/mol. The molecule has 0 radical (unpaired) electrons. The second-order valence-electron chi connectivity index (χ2n) is 4.85. The summed E-state index contributed by atoms with van der Waals surface area (Å²) in [5.74, 6) is 0.375. The Labute approximate surface area is 134 Å². The Bertz CT molecular complexity index is 829. The van der Waals surface area contributed by atoms with Crippen LogP contribution < -0.4 is 0 Å². The highest BCUT2D eigenvalue weighted by molar-refractivity contribution is 9.10. The van der Waals surface area contributed by atoms with Gasteiger partial charge in [0.2, 0.25) is 0 Å². The number of nitrogens with zero attached hydrogens (tertiary/aromatic N) is 3. The topological polar surface area (TPSA) is 30.7 Å². The van der Waals surface area contributed by atoms with Gasteiger partial charge in [0.25, 0.3) is 0 Å². The van der Waals surface area contributed by atoms with Crippen molar-refractivity contribution in [3.8, 4) is 5.69 Å². The van der Waals surface area contributed by atoms with Gasteiger partial charge in [-0.25, -0.2) is 14.4 Å². The summed E-state index contributed by atoms with van der Waals surface area (Å²) < 4.78 is 16.5. The summed E-state index contributed by atoms with van der Waals surface area (Å²) in [5.41, 5.74) is 2.63. The Kier molecular flexibility index (Phi) is 3.71. The lowest BCUT2D eigenvalue weighted by atomic mass is 10.2. The lowest BCUT2D eigenvalue weighted by Crippen LogP contribution is -2.03. The van der Waals surface area contributed by atoms with Crippen molar-refractivity contribution in [3.05, 3.63) is 52.1 Å². The van der Waals surface area contributed by atoms with Gasteiger partial charge >= 0.3 is 0 Å². The van der Waals surface area contributed by atoms with Gasteiger partial charge < -0.3 is 0 Å². The van der Waals surface area contributed by atoms with Crippen molar-refractivity contribution < 1.29 is 4.39 Å². The summed E-state index contributed by atoms with van der Waals surface area (Å²) in [6.45, 7) is 3.56. The molecule has 0 N–H and O–H groups in total. The fourth-order valence-corrected chi connectivity index (χ4v) is 2.67. The third kappa shape index (κ3) is 2.56. The molecule has 3 aromatic rings. The molecule has 2 heterocycles. The maximum absolute atomic E-state index is 13.9. The highest BCUT2D eigenvalue weighted by atomic mass is 79.9. The Morgan fingerprint density at radius 3 is 2.76 bits per heavy atom. The first kappa shape index (κ1) is 14.5. The van der Waals surface area contributed by atoms with E-state index in [1.807, 2.05) is 19.1 Å². The fourth-order valence-electron chi connectivity index (χ4n) is 2.20. The molecule has 0 saturated heterocycles. The zero-order valence-corrected chi connectivity index (χ0v) is 13.8. The van der Waals surface area contributed by atoms with Gasteiger partial charge in [0.15, 0.2) is 5.65 Å². The Morgan fingerprint density at radius 2 is 2.10 bits per heavy atom. The van der Waals surface area contributed by atoms with Crippen molar-refractivity contribution in [2.24, 2.45) is 0 Å². The average Bonchev–Trinajstić information content (AvgIpc) is 2.80. The normalized spacial score (nSPS) is 12.8. The minimum absolute atomic E-state index is 0.264. The van der Waals surface area contributed by atoms with E-state index in [-0.39, 0.29) is 11.2 Å². The molecule has 1 aromatic carbocycles. The van der Waals surface area contributed by atoms with E-state index >= 15 is 0 Å². The highest BCUT2D eigenvalue weighted by Crippen LogP contribution is 2.28. The molecule has 0 aliphatic heterocycles. The molecule has 2 aromatic heterocycles. The molecule has 0 fully saturated rings. The number of alkyl halides is 1. The van der Waals surface area contributed by atoms with E-state index in [0.717, 1.165) is 4.47 Å². The van der Waals surface area contributed by atoms with Crippen LogP contribution in [-0.4, -0.2) is 14.5 Å². The lowest BCUT2D eigenvalue weighted by molar-refractivity contribution is 0.617. The first-order chi connectivity index (χ1) is 9.97. The van der Waals surface area contributed by atoms with Crippen LogP contribution in [0.4, 0.5) is 4.39 Å². The van der Waals surface area contributed by atoms with Crippen molar-refractivity contribution in [3.63, 3.8) is 0 Å². The number of benzene rings is 1. The molecular weight excluding hydrogens is 357 g/mol. The minimum Gasteiger partial charge on any atom is -0.279 e. The van der Waals surface area contributed by atoms with E-state index in [9.17, 15) is 4.39 Å². The van der Waals surface area contributed by atoms with Crippen LogP contribution in [-0.2, 0) is 0 Å². The summed E-state index contributed by atoms with van der Waals surface area (Å²) in [6, 6.07) is 6.92. The zero-order chi connectivity index (χ0) is 15.1. The van der Waals surface area contributed by atoms with Gasteiger partial charge in [-0.1, -0.05) is 6.07 Å². The molecule has 108 valence electrons. The summed E-state index contributed by atoms with van der Waals surface area (Å²) >= 11 is 9.60. The number of aryl methyl sites for hydroxylation is 1. The van der Waals surface area contributed by atoms with Crippen LogP contribution in [0.1, 0.15) is 23.7 Å². The highest BCUT2D eigenvalue weighted by Gasteiger charge is 2.18. The molecule has 6 heteroatoms. The lowest BCUT2D eigenvalue weighted by Gasteiger charge is -2.10. The number of halogens is 3. The van der Waals surface area contributed by atoms with Crippen LogP contribution in [0.15, 0.2) is 34.9 Å². The van der Waals surface area contributed by atoms with Crippen molar-refractivity contribution in [1.82, 2.24) is 14.5 Å². The molecule has 21 heavy (non-hydrogen) atoms. The molecule has 0 spiro atoms. The summed E-state index contributed by atoms with van der Waals surface area (Å²) in [7, 11) is 0. The zero-order valence-electron chi connectivity index (χ0n) is 11.4. The molecule has 3 rings (SSSR count). The van der Waals surface area contributed by atoms with E-state index in [1.54, 1.807) is 23.8 Å². The predicted octanol–water partition coefficient (Wildman–Crippen LogP) is 4.93.